The smallest absolute Gasteiger partial charge is 0.323 e. The van der Waals surface area contributed by atoms with Crippen LogP contribution >= 0.6 is 0 Å². The van der Waals surface area contributed by atoms with Crippen LogP contribution < -0.4 is 5.84 Å². The van der Waals surface area contributed by atoms with E-state index in [0.29, 0.717) is 0 Å². The van der Waals surface area contributed by atoms with E-state index in [1.807, 2.05) is 5.10 Å². The first-order valence-electron chi connectivity index (χ1n) is 2.90. The van der Waals surface area contributed by atoms with Crippen LogP contribution in [-0.4, -0.2) is 16.4 Å². The molecule has 0 saturated carbocycles. The van der Waals surface area contributed by atoms with Crippen molar-refractivity contribution in [1.29, 1.82) is 0 Å². The molecule has 0 bridgehead atoms. The van der Waals surface area contributed by atoms with Gasteiger partial charge in [0, 0.05) is 0 Å². The molecule has 0 aromatic carbocycles. The molecular formula is C5H5F3N4. The Kier molecular flexibility index (Phi) is 2.03. The van der Waals surface area contributed by atoms with Crippen molar-refractivity contribution in [3.05, 3.63) is 17.5 Å². The molecular weight excluding hydrogens is 173 g/mol. The molecule has 0 amide bonds. The minimum atomic E-state index is -4.41. The SMILES string of the molecule is N/N=C/c1cc(C(F)(F)F)[nH]n1. The molecule has 4 nitrogen and oxygen atoms in total. The summed E-state index contributed by atoms with van der Waals surface area (Å²) in [5.74, 6) is 4.71. The van der Waals surface area contributed by atoms with Crippen molar-refractivity contribution in [2.24, 2.45) is 10.9 Å². The molecule has 0 spiro atoms. The number of alkyl halides is 3. The number of aromatic nitrogens is 2. The predicted molar refractivity (Wildman–Crippen MR) is 35.4 cm³/mol. The molecule has 1 rings (SSSR count). The lowest BCUT2D eigenvalue weighted by Crippen LogP contribution is -2.04. The van der Waals surface area contributed by atoms with Crippen LogP contribution in [0.3, 0.4) is 0 Å². The topological polar surface area (TPSA) is 67.1 Å². The monoisotopic (exact) mass is 178 g/mol. The van der Waals surface area contributed by atoms with E-state index in [2.05, 4.69) is 10.2 Å². The molecule has 0 saturated heterocycles. The van der Waals surface area contributed by atoms with Gasteiger partial charge in [0.1, 0.15) is 11.4 Å². The molecule has 0 aliphatic heterocycles. The first kappa shape index (κ1) is 8.57. The zero-order valence-electron chi connectivity index (χ0n) is 5.76. The number of nitrogens with zero attached hydrogens (tertiary/aromatic N) is 2. The Hall–Kier alpha value is -1.53. The molecule has 1 aromatic rings. The van der Waals surface area contributed by atoms with Gasteiger partial charge in [0.25, 0.3) is 0 Å². The minimum Gasteiger partial charge on any atom is -0.323 e. The molecule has 3 N–H and O–H groups in total. The van der Waals surface area contributed by atoms with E-state index in [1.54, 1.807) is 0 Å². The highest BCUT2D eigenvalue weighted by Gasteiger charge is 2.32. The lowest BCUT2D eigenvalue weighted by Gasteiger charge is -1.99. The fourth-order valence-corrected chi connectivity index (χ4v) is 0.625. The third-order valence-electron chi connectivity index (χ3n) is 1.11. The minimum absolute atomic E-state index is 0.0461. The van der Waals surface area contributed by atoms with E-state index in [1.165, 1.54) is 0 Å². The molecule has 0 unspecified atom stereocenters. The largest absolute Gasteiger partial charge is 0.432 e. The van der Waals surface area contributed by atoms with Crippen LogP contribution in [0.1, 0.15) is 11.4 Å². The molecule has 0 aliphatic carbocycles. The number of hydrogen-bond acceptors (Lipinski definition) is 3. The van der Waals surface area contributed by atoms with Gasteiger partial charge >= 0.3 is 6.18 Å². The van der Waals surface area contributed by atoms with Crippen LogP contribution in [0.2, 0.25) is 0 Å². The highest BCUT2D eigenvalue weighted by Crippen LogP contribution is 2.27. The van der Waals surface area contributed by atoms with Crippen LogP contribution in [0.4, 0.5) is 13.2 Å². The van der Waals surface area contributed by atoms with E-state index < -0.39 is 11.9 Å². The number of nitrogens with two attached hydrogens (primary N) is 1. The quantitative estimate of drug-likeness (QED) is 0.378. The van der Waals surface area contributed by atoms with Gasteiger partial charge in [-0.2, -0.15) is 23.4 Å². The second-order valence-corrected chi connectivity index (χ2v) is 1.98. The second-order valence-electron chi connectivity index (χ2n) is 1.98. The Labute approximate surface area is 65.3 Å². The maximum absolute atomic E-state index is 11.9. The molecule has 66 valence electrons. The van der Waals surface area contributed by atoms with Gasteiger partial charge in [-0.25, -0.2) is 0 Å². The molecule has 0 aliphatic rings. The van der Waals surface area contributed by atoms with Crippen molar-refractivity contribution in [2.75, 3.05) is 0 Å². The van der Waals surface area contributed by atoms with Crippen LogP contribution in [0.25, 0.3) is 0 Å². The van der Waals surface area contributed by atoms with Gasteiger partial charge in [0.05, 0.1) is 6.21 Å². The number of H-pyrrole nitrogens is 1. The molecule has 0 radical (unpaired) electrons. The summed E-state index contributed by atoms with van der Waals surface area (Å²) < 4.78 is 35.7. The highest BCUT2D eigenvalue weighted by molar-refractivity contribution is 5.76. The Morgan fingerprint density at radius 1 is 1.58 bits per heavy atom. The van der Waals surface area contributed by atoms with E-state index >= 15 is 0 Å². The van der Waals surface area contributed by atoms with Crippen molar-refractivity contribution in [1.82, 2.24) is 10.2 Å². The van der Waals surface area contributed by atoms with Gasteiger partial charge < -0.3 is 5.84 Å². The van der Waals surface area contributed by atoms with Gasteiger partial charge in [-0.15, -0.1) is 0 Å². The molecule has 12 heavy (non-hydrogen) atoms. The number of hydrogen-bond donors (Lipinski definition) is 2. The van der Waals surface area contributed by atoms with Crippen LogP contribution in [0.15, 0.2) is 11.2 Å². The number of aromatic amines is 1. The summed E-state index contributed by atoms with van der Waals surface area (Å²) in [5.41, 5.74) is -0.873. The summed E-state index contributed by atoms with van der Waals surface area (Å²) in [6, 6.07) is 0.816. The van der Waals surface area contributed by atoms with Crippen molar-refractivity contribution >= 4 is 6.21 Å². The zero-order chi connectivity index (χ0) is 9.19. The summed E-state index contributed by atoms with van der Waals surface area (Å²) >= 11 is 0. The predicted octanol–water partition coefficient (Wildman–Crippen LogP) is 0.721. The van der Waals surface area contributed by atoms with Crippen molar-refractivity contribution in [2.45, 2.75) is 6.18 Å². The summed E-state index contributed by atoms with van der Waals surface area (Å²) in [6.45, 7) is 0. The average Bonchev–Trinajstić information content (AvgIpc) is 2.35. The summed E-state index contributed by atoms with van der Waals surface area (Å²) in [4.78, 5) is 0. The first-order valence-corrected chi connectivity index (χ1v) is 2.90. The Bertz CT molecular complexity index is 287. The molecule has 1 heterocycles. The molecule has 1 aromatic heterocycles. The number of rotatable bonds is 1. The highest BCUT2D eigenvalue weighted by atomic mass is 19.4. The summed E-state index contributed by atoms with van der Waals surface area (Å²) in [5, 5.41) is 8.13. The number of hydrazone groups is 1. The van der Waals surface area contributed by atoms with Gasteiger partial charge in [-0.3, -0.25) is 5.10 Å². The van der Waals surface area contributed by atoms with Gasteiger partial charge in [-0.1, -0.05) is 0 Å². The maximum atomic E-state index is 11.9. The number of halogens is 3. The van der Waals surface area contributed by atoms with Crippen molar-refractivity contribution in [3.63, 3.8) is 0 Å². The second kappa shape index (κ2) is 2.84. The Balaban J connectivity index is 2.92. The fraction of sp³-hybridized carbons (Fsp3) is 0.200. The van der Waals surface area contributed by atoms with Crippen molar-refractivity contribution < 1.29 is 13.2 Å². The first-order chi connectivity index (χ1) is 5.54. The van der Waals surface area contributed by atoms with E-state index in [4.69, 9.17) is 5.84 Å². The van der Waals surface area contributed by atoms with Crippen LogP contribution in [0.5, 0.6) is 0 Å². The average molecular weight is 178 g/mol. The summed E-state index contributed by atoms with van der Waals surface area (Å²) in [7, 11) is 0. The normalized spacial score (nSPS) is 12.6. The van der Waals surface area contributed by atoms with Gasteiger partial charge in [0.2, 0.25) is 0 Å². The standard InChI is InChI=1S/C5H5F3N4/c6-5(7,8)4-1-3(2-10-9)11-12-4/h1-2H,9H2,(H,11,12)/b10-2+. The van der Waals surface area contributed by atoms with E-state index in [0.717, 1.165) is 12.3 Å². The van der Waals surface area contributed by atoms with Crippen LogP contribution in [0, 0.1) is 0 Å². The molecule has 0 fully saturated rings. The summed E-state index contributed by atoms with van der Waals surface area (Å²) in [6.07, 6.45) is -3.39. The van der Waals surface area contributed by atoms with Gasteiger partial charge in [0.15, 0.2) is 0 Å². The third-order valence-corrected chi connectivity index (χ3v) is 1.11. The maximum Gasteiger partial charge on any atom is 0.432 e. The van der Waals surface area contributed by atoms with E-state index in [9.17, 15) is 13.2 Å². The van der Waals surface area contributed by atoms with E-state index in [-0.39, 0.29) is 5.69 Å². The molecule has 7 heteroatoms. The van der Waals surface area contributed by atoms with Crippen molar-refractivity contribution in [3.8, 4) is 0 Å². The number of nitrogens with one attached hydrogen (secondary N) is 1. The lowest BCUT2D eigenvalue weighted by molar-refractivity contribution is -0.141. The van der Waals surface area contributed by atoms with Gasteiger partial charge in [-0.05, 0) is 6.07 Å². The molecule has 0 atom stereocenters. The fourth-order valence-electron chi connectivity index (χ4n) is 0.625. The van der Waals surface area contributed by atoms with Crippen LogP contribution in [-0.2, 0) is 6.18 Å². The Morgan fingerprint density at radius 2 is 2.25 bits per heavy atom. The third kappa shape index (κ3) is 1.74. The lowest BCUT2D eigenvalue weighted by atomic mass is 10.3. The Morgan fingerprint density at radius 3 is 2.67 bits per heavy atom. The zero-order valence-corrected chi connectivity index (χ0v) is 5.76.